The highest BCUT2D eigenvalue weighted by molar-refractivity contribution is 6.23. The lowest BCUT2D eigenvalue weighted by Crippen LogP contribution is -2.54. The van der Waals surface area contributed by atoms with Gasteiger partial charge in [0.15, 0.2) is 5.78 Å². The number of benzene rings is 2. The highest BCUT2D eigenvalue weighted by atomic mass is 16.5. The second-order valence-electron chi connectivity index (χ2n) is 10.3. The minimum absolute atomic E-state index is 0.0323. The quantitative estimate of drug-likeness (QED) is 0.642. The lowest BCUT2D eigenvalue weighted by Gasteiger charge is -2.47. The van der Waals surface area contributed by atoms with E-state index in [0.717, 1.165) is 16.8 Å². The molecule has 7 heteroatoms. The standard InChI is InChI=1S/C28H29N3O4/c1-15-9-8-12-19(16(15)2)31-20-13-27(3,4)14-21(32)22(20)28(23(24(31)29)25(33)35-5)17-10-6-7-11-18(17)30-26(28)34/h6-12H,13-14,29H2,1-5H3,(H,30,34). The first-order valence-electron chi connectivity index (χ1n) is 11.7. The molecule has 35 heavy (non-hydrogen) atoms. The fourth-order valence-electron chi connectivity index (χ4n) is 5.85. The number of nitrogens with two attached hydrogens (primary N) is 1. The minimum atomic E-state index is -1.68. The summed E-state index contributed by atoms with van der Waals surface area (Å²) in [5, 5.41) is 2.90. The lowest BCUT2D eigenvalue weighted by atomic mass is 9.60. The molecule has 180 valence electrons. The Bertz CT molecular complexity index is 1380. The number of methoxy groups -OCH3 is 1. The summed E-state index contributed by atoms with van der Waals surface area (Å²) in [7, 11) is 1.26. The van der Waals surface area contributed by atoms with Crippen LogP contribution in [0.25, 0.3) is 0 Å². The maximum atomic E-state index is 14.0. The number of allylic oxidation sites excluding steroid dienone is 1. The fraction of sp³-hybridized carbons (Fsp3) is 0.321. The minimum Gasteiger partial charge on any atom is -0.466 e. The van der Waals surface area contributed by atoms with Crippen LogP contribution in [0.4, 0.5) is 11.4 Å². The van der Waals surface area contributed by atoms with Crippen molar-refractivity contribution >= 4 is 29.0 Å². The Morgan fingerprint density at radius 1 is 1.06 bits per heavy atom. The number of para-hydroxylation sites is 1. The highest BCUT2D eigenvalue weighted by Gasteiger charge is 2.62. The monoisotopic (exact) mass is 471 g/mol. The molecule has 2 heterocycles. The molecule has 3 aliphatic rings. The van der Waals surface area contributed by atoms with Crippen LogP contribution in [0.2, 0.25) is 0 Å². The Kier molecular flexibility index (Phi) is 4.95. The van der Waals surface area contributed by atoms with Gasteiger partial charge in [0.25, 0.3) is 0 Å². The topological polar surface area (TPSA) is 102 Å². The SMILES string of the molecule is COC(=O)C1=C(N)N(c2cccc(C)c2C)C2=C(C(=O)CC(C)(C)C2)C12C(=O)Nc1ccccc12. The third-order valence-electron chi connectivity index (χ3n) is 7.50. The molecule has 7 nitrogen and oxygen atoms in total. The van der Waals surface area contributed by atoms with Crippen molar-refractivity contribution < 1.29 is 19.1 Å². The van der Waals surface area contributed by atoms with Crippen LogP contribution >= 0.6 is 0 Å². The first-order valence-corrected chi connectivity index (χ1v) is 11.7. The van der Waals surface area contributed by atoms with Crippen LogP contribution in [-0.2, 0) is 24.5 Å². The Hall–Kier alpha value is -3.87. The summed E-state index contributed by atoms with van der Waals surface area (Å²) in [6.07, 6.45) is 0.756. The molecular weight excluding hydrogens is 442 g/mol. The van der Waals surface area contributed by atoms with Gasteiger partial charge in [-0.25, -0.2) is 4.79 Å². The van der Waals surface area contributed by atoms with Crippen molar-refractivity contribution in [2.75, 3.05) is 17.3 Å². The molecule has 0 bridgehead atoms. The van der Waals surface area contributed by atoms with E-state index in [1.807, 2.05) is 45.9 Å². The molecule has 1 atom stereocenters. The number of carbonyl (C=O) groups excluding carboxylic acids is 3. The van der Waals surface area contributed by atoms with E-state index in [1.54, 1.807) is 29.2 Å². The number of rotatable bonds is 2. The van der Waals surface area contributed by atoms with Crippen LogP contribution in [0.5, 0.6) is 0 Å². The Morgan fingerprint density at radius 2 is 1.77 bits per heavy atom. The van der Waals surface area contributed by atoms with Crippen LogP contribution < -0.4 is 16.0 Å². The third kappa shape index (κ3) is 3.00. The molecule has 2 aliphatic heterocycles. The molecule has 3 N–H and O–H groups in total. The molecule has 0 saturated carbocycles. The molecule has 5 rings (SSSR count). The van der Waals surface area contributed by atoms with Crippen molar-refractivity contribution in [3.05, 3.63) is 81.8 Å². The first-order chi connectivity index (χ1) is 16.5. The van der Waals surface area contributed by atoms with Gasteiger partial charge in [-0.3, -0.25) is 14.5 Å². The Balaban J connectivity index is 1.95. The third-order valence-corrected chi connectivity index (χ3v) is 7.50. The number of amides is 1. The van der Waals surface area contributed by atoms with Crippen LogP contribution in [0.3, 0.4) is 0 Å². The van der Waals surface area contributed by atoms with Gasteiger partial charge >= 0.3 is 5.97 Å². The van der Waals surface area contributed by atoms with Gasteiger partial charge in [0, 0.05) is 28.9 Å². The second kappa shape index (κ2) is 7.57. The van der Waals surface area contributed by atoms with Crippen molar-refractivity contribution in [1.29, 1.82) is 0 Å². The fourth-order valence-corrected chi connectivity index (χ4v) is 5.85. The van der Waals surface area contributed by atoms with Gasteiger partial charge < -0.3 is 15.8 Å². The number of hydrogen-bond donors (Lipinski definition) is 2. The lowest BCUT2D eigenvalue weighted by molar-refractivity contribution is -0.138. The summed E-state index contributed by atoms with van der Waals surface area (Å²) in [5.74, 6) is -1.29. The summed E-state index contributed by atoms with van der Waals surface area (Å²) in [4.78, 5) is 43.1. The summed E-state index contributed by atoms with van der Waals surface area (Å²) in [6.45, 7) is 8.03. The number of ether oxygens (including phenoxy) is 1. The molecule has 2 aromatic carbocycles. The molecule has 1 unspecified atom stereocenters. The van der Waals surface area contributed by atoms with E-state index in [-0.39, 0.29) is 29.0 Å². The summed E-state index contributed by atoms with van der Waals surface area (Å²) >= 11 is 0. The summed E-state index contributed by atoms with van der Waals surface area (Å²) < 4.78 is 5.19. The van der Waals surface area contributed by atoms with Gasteiger partial charge in [-0.1, -0.05) is 44.2 Å². The number of anilines is 2. The molecular formula is C28H29N3O4. The van der Waals surface area contributed by atoms with Crippen molar-refractivity contribution in [3.8, 4) is 0 Å². The number of fused-ring (bicyclic) bond motifs is 3. The molecule has 0 saturated heterocycles. The molecule has 2 aromatic rings. The zero-order chi connectivity index (χ0) is 25.3. The number of ketones is 1. The molecule has 0 radical (unpaired) electrons. The largest absolute Gasteiger partial charge is 0.466 e. The van der Waals surface area contributed by atoms with E-state index in [9.17, 15) is 14.4 Å². The molecule has 1 aliphatic carbocycles. The predicted molar refractivity (Wildman–Crippen MR) is 133 cm³/mol. The van der Waals surface area contributed by atoms with Gasteiger partial charge in [-0.2, -0.15) is 0 Å². The molecule has 1 spiro atoms. The van der Waals surface area contributed by atoms with Crippen molar-refractivity contribution in [2.45, 2.75) is 46.0 Å². The number of nitrogens with zero attached hydrogens (tertiary/aromatic N) is 1. The van der Waals surface area contributed by atoms with Crippen LogP contribution in [-0.4, -0.2) is 24.8 Å². The van der Waals surface area contributed by atoms with E-state index in [2.05, 4.69) is 5.32 Å². The van der Waals surface area contributed by atoms with Crippen molar-refractivity contribution in [3.63, 3.8) is 0 Å². The van der Waals surface area contributed by atoms with Crippen molar-refractivity contribution in [1.82, 2.24) is 0 Å². The van der Waals surface area contributed by atoms with Crippen molar-refractivity contribution in [2.24, 2.45) is 11.1 Å². The number of aryl methyl sites for hydroxylation is 1. The van der Waals surface area contributed by atoms with E-state index in [1.165, 1.54) is 7.11 Å². The first kappa shape index (κ1) is 22.9. The zero-order valence-corrected chi connectivity index (χ0v) is 20.6. The summed E-state index contributed by atoms with van der Waals surface area (Å²) in [6, 6.07) is 13.0. The Morgan fingerprint density at radius 3 is 2.49 bits per heavy atom. The van der Waals surface area contributed by atoms with Gasteiger partial charge in [-0.15, -0.1) is 0 Å². The maximum absolute atomic E-state index is 14.0. The predicted octanol–water partition coefficient (Wildman–Crippen LogP) is 4.00. The molecule has 0 aromatic heterocycles. The van der Waals surface area contributed by atoms with E-state index >= 15 is 0 Å². The van der Waals surface area contributed by atoms with Gasteiger partial charge in [0.05, 0.1) is 12.8 Å². The van der Waals surface area contributed by atoms with Crippen LogP contribution in [0, 0.1) is 19.3 Å². The van der Waals surface area contributed by atoms with Gasteiger partial charge in [-0.05, 0) is 48.9 Å². The van der Waals surface area contributed by atoms with Gasteiger partial charge in [0.1, 0.15) is 16.8 Å². The zero-order valence-electron chi connectivity index (χ0n) is 20.6. The average Bonchev–Trinajstić information content (AvgIpc) is 3.07. The number of esters is 1. The summed E-state index contributed by atoms with van der Waals surface area (Å²) in [5.41, 5.74) is 9.60. The van der Waals surface area contributed by atoms with Crippen LogP contribution in [0.1, 0.15) is 43.4 Å². The Labute approximate surface area is 204 Å². The molecule has 1 amide bonds. The number of Topliss-reactive ketones (excluding diaryl/α,β-unsaturated/α-hetero) is 1. The van der Waals surface area contributed by atoms with E-state index in [0.29, 0.717) is 28.9 Å². The van der Waals surface area contributed by atoms with E-state index in [4.69, 9.17) is 10.5 Å². The number of hydrogen-bond acceptors (Lipinski definition) is 6. The number of carbonyl (C=O) groups is 3. The average molecular weight is 472 g/mol. The van der Waals surface area contributed by atoms with Crippen LogP contribution in [0.15, 0.2) is 65.1 Å². The van der Waals surface area contributed by atoms with Gasteiger partial charge in [0.2, 0.25) is 5.91 Å². The molecule has 0 fully saturated rings. The highest BCUT2D eigenvalue weighted by Crippen LogP contribution is 2.57. The second-order valence-corrected chi connectivity index (χ2v) is 10.3. The smallest absolute Gasteiger partial charge is 0.339 e. The normalized spacial score (nSPS) is 22.8. The number of nitrogens with one attached hydrogen (secondary N) is 1. The van der Waals surface area contributed by atoms with E-state index < -0.39 is 17.3 Å². The maximum Gasteiger partial charge on any atom is 0.339 e.